The number of carbonyl (C=O) groups is 1. The summed E-state index contributed by atoms with van der Waals surface area (Å²) in [6, 6.07) is -1.37. The molecule has 1 amide bonds. The predicted octanol–water partition coefficient (Wildman–Crippen LogP) is -5.37. The summed E-state index contributed by atoms with van der Waals surface area (Å²) in [5.41, 5.74) is 0. The Morgan fingerprint density at radius 1 is 0.743 bits per heavy atom. The number of ether oxygens (including phenoxy) is 5. The van der Waals surface area contributed by atoms with Crippen LogP contribution < -0.4 is 5.32 Å². The van der Waals surface area contributed by atoms with Gasteiger partial charge >= 0.3 is 0 Å². The van der Waals surface area contributed by atoms with Crippen molar-refractivity contribution in [3.8, 4) is 0 Å². The highest BCUT2D eigenvalue weighted by molar-refractivity contribution is 5.73. The molecule has 0 aromatic rings. The quantitative estimate of drug-likeness (QED) is 0.161. The van der Waals surface area contributed by atoms with E-state index in [4.69, 9.17) is 23.7 Å². The van der Waals surface area contributed by atoms with E-state index in [0.29, 0.717) is 0 Å². The van der Waals surface area contributed by atoms with Gasteiger partial charge in [0.25, 0.3) is 0 Å². The molecule has 3 heterocycles. The summed E-state index contributed by atoms with van der Waals surface area (Å²) in [7, 11) is 0. The van der Waals surface area contributed by atoms with E-state index < -0.39 is 105 Å². The summed E-state index contributed by atoms with van der Waals surface area (Å²) >= 11 is 0. The molecule has 0 unspecified atom stereocenters. The second-order valence-electron chi connectivity index (χ2n) is 9.04. The zero-order valence-corrected chi connectivity index (χ0v) is 19.4. The van der Waals surface area contributed by atoms with Gasteiger partial charge in [-0.2, -0.15) is 0 Å². The number of carbonyl (C=O) groups excluding carboxylic acids is 1. The fourth-order valence-electron chi connectivity index (χ4n) is 4.32. The molecule has 0 bridgehead atoms. The molecule has 15 nitrogen and oxygen atoms in total. The molecule has 3 aliphatic heterocycles. The Balaban J connectivity index is 1.86. The summed E-state index contributed by atoms with van der Waals surface area (Å²) in [6.07, 6.45) is -20.7. The minimum atomic E-state index is -1.69. The molecular formula is C20H35NO14. The zero-order chi connectivity index (χ0) is 26.2. The van der Waals surface area contributed by atoms with Gasteiger partial charge < -0.3 is 69.9 Å². The maximum absolute atomic E-state index is 11.7. The normalized spacial score (nSPS) is 51.1. The molecule has 9 N–H and O–H groups in total. The number of hydrogen-bond donors (Lipinski definition) is 9. The molecule has 3 rings (SSSR count). The van der Waals surface area contributed by atoms with Crippen molar-refractivity contribution in [3.05, 3.63) is 0 Å². The first-order chi connectivity index (χ1) is 16.4. The van der Waals surface area contributed by atoms with Gasteiger partial charge in [0.1, 0.15) is 61.0 Å². The van der Waals surface area contributed by atoms with Gasteiger partial charge in [0.15, 0.2) is 18.9 Å². The van der Waals surface area contributed by atoms with Crippen molar-refractivity contribution < 1.29 is 69.3 Å². The summed E-state index contributed by atoms with van der Waals surface area (Å²) < 4.78 is 27.6. The zero-order valence-electron chi connectivity index (χ0n) is 19.4. The molecule has 0 spiro atoms. The summed E-state index contributed by atoms with van der Waals surface area (Å²) in [4.78, 5) is 11.7. The number of aliphatic hydroxyl groups excluding tert-OH is 8. The van der Waals surface area contributed by atoms with Crippen molar-refractivity contribution >= 4 is 5.91 Å². The van der Waals surface area contributed by atoms with E-state index in [1.165, 1.54) is 13.8 Å². The van der Waals surface area contributed by atoms with E-state index in [1.807, 2.05) is 0 Å². The Labute approximate surface area is 200 Å². The number of hydrogen-bond acceptors (Lipinski definition) is 14. The number of nitrogens with one attached hydrogen (secondary N) is 1. The molecule has 15 heteroatoms. The fraction of sp³-hybridized carbons (Fsp3) is 0.950. The second kappa shape index (κ2) is 11.6. The summed E-state index contributed by atoms with van der Waals surface area (Å²) in [5.74, 6) is -0.614. The van der Waals surface area contributed by atoms with Gasteiger partial charge in [-0.05, 0) is 13.8 Å². The highest BCUT2D eigenvalue weighted by atomic mass is 16.8. The van der Waals surface area contributed by atoms with Crippen LogP contribution in [0.15, 0.2) is 0 Å². The smallest absolute Gasteiger partial charge is 0.217 e. The van der Waals surface area contributed by atoms with Gasteiger partial charge in [0.2, 0.25) is 5.91 Å². The maximum atomic E-state index is 11.7. The van der Waals surface area contributed by atoms with Crippen molar-refractivity contribution in [2.24, 2.45) is 0 Å². The van der Waals surface area contributed by atoms with Crippen molar-refractivity contribution in [2.45, 2.75) is 113 Å². The highest BCUT2D eigenvalue weighted by Crippen LogP contribution is 2.32. The van der Waals surface area contributed by atoms with Gasteiger partial charge in [-0.3, -0.25) is 4.79 Å². The fourth-order valence-corrected chi connectivity index (χ4v) is 4.32. The molecule has 35 heavy (non-hydrogen) atoms. The van der Waals surface area contributed by atoms with E-state index in [-0.39, 0.29) is 0 Å². The summed E-state index contributed by atoms with van der Waals surface area (Å²) in [5, 5.41) is 84.3. The van der Waals surface area contributed by atoms with Crippen LogP contribution in [-0.2, 0) is 28.5 Å². The van der Waals surface area contributed by atoms with Gasteiger partial charge in [-0.25, -0.2) is 0 Å². The molecule has 204 valence electrons. The lowest BCUT2D eigenvalue weighted by molar-refractivity contribution is -0.381. The van der Waals surface area contributed by atoms with Crippen LogP contribution in [-0.4, -0.2) is 145 Å². The number of rotatable bonds is 6. The summed E-state index contributed by atoms with van der Waals surface area (Å²) in [6.45, 7) is 3.27. The number of aliphatic hydroxyl groups is 8. The van der Waals surface area contributed by atoms with Gasteiger partial charge in [0.05, 0.1) is 18.8 Å². The monoisotopic (exact) mass is 513 g/mol. The first-order valence-electron chi connectivity index (χ1n) is 11.3. The Bertz CT molecular complexity index is 715. The Hall–Kier alpha value is -1.05. The van der Waals surface area contributed by atoms with Crippen LogP contribution in [0.2, 0.25) is 0 Å². The van der Waals surface area contributed by atoms with E-state index >= 15 is 0 Å². The topological polar surface area (TPSA) is 237 Å². The van der Waals surface area contributed by atoms with E-state index in [2.05, 4.69) is 5.32 Å². The highest BCUT2D eigenvalue weighted by Gasteiger charge is 2.53. The largest absolute Gasteiger partial charge is 0.394 e. The van der Waals surface area contributed by atoms with E-state index in [0.717, 1.165) is 6.92 Å². The molecule has 0 aromatic heterocycles. The molecule has 3 saturated heterocycles. The standard InChI is InChI=1S/C20H35NO14/c1-5-10(24)14(28)16(18(30)31-5)34-20-17(15(29)11(25)6(2)32-20)35-19-9(21-7(3)23)13(27)12(26)8(4-22)33-19/h5-6,8-20,22,24-30H,4H2,1-3H3,(H,21,23)/t5-,6-,8+,9+,10-,11-,12+,13+,14+,15+,16+,17+,18+,19-,20-/m0/s1. The minimum Gasteiger partial charge on any atom is -0.394 e. The second-order valence-corrected chi connectivity index (χ2v) is 9.04. The lowest BCUT2D eigenvalue weighted by atomic mass is 9.95. The maximum Gasteiger partial charge on any atom is 0.217 e. The van der Waals surface area contributed by atoms with Crippen LogP contribution in [0.5, 0.6) is 0 Å². The first kappa shape index (κ1) is 28.5. The van der Waals surface area contributed by atoms with Crippen molar-refractivity contribution in [2.75, 3.05) is 6.61 Å². The molecule has 0 radical (unpaired) electrons. The van der Waals surface area contributed by atoms with E-state index in [9.17, 15) is 45.6 Å². The molecule has 0 aliphatic carbocycles. The van der Waals surface area contributed by atoms with Crippen molar-refractivity contribution in [3.63, 3.8) is 0 Å². The minimum absolute atomic E-state index is 0.614. The lowest BCUT2D eigenvalue weighted by Crippen LogP contribution is -2.68. The van der Waals surface area contributed by atoms with Crippen LogP contribution in [0.3, 0.4) is 0 Å². The van der Waals surface area contributed by atoms with Gasteiger partial charge in [-0.1, -0.05) is 0 Å². The number of amides is 1. The van der Waals surface area contributed by atoms with Gasteiger partial charge in [0, 0.05) is 6.92 Å². The molecule has 3 fully saturated rings. The van der Waals surface area contributed by atoms with Gasteiger partial charge in [-0.15, -0.1) is 0 Å². The molecule has 3 aliphatic rings. The molecule has 15 atom stereocenters. The third-order valence-electron chi connectivity index (χ3n) is 6.42. The van der Waals surface area contributed by atoms with Crippen molar-refractivity contribution in [1.29, 1.82) is 0 Å². The van der Waals surface area contributed by atoms with Crippen molar-refractivity contribution in [1.82, 2.24) is 5.32 Å². The Kier molecular flexibility index (Phi) is 9.42. The third-order valence-corrected chi connectivity index (χ3v) is 6.42. The molecule has 0 saturated carbocycles. The van der Waals surface area contributed by atoms with E-state index in [1.54, 1.807) is 0 Å². The van der Waals surface area contributed by atoms with Crippen LogP contribution in [0.25, 0.3) is 0 Å². The van der Waals surface area contributed by atoms with Crippen LogP contribution in [0.4, 0.5) is 0 Å². The third kappa shape index (κ3) is 5.93. The van der Waals surface area contributed by atoms with Crippen LogP contribution in [0, 0.1) is 0 Å². The molecular weight excluding hydrogens is 478 g/mol. The Morgan fingerprint density at radius 2 is 1.29 bits per heavy atom. The molecule has 0 aromatic carbocycles. The van der Waals surface area contributed by atoms with Crippen LogP contribution >= 0.6 is 0 Å². The SMILES string of the molecule is CC(=O)N[C@H]1[C@H](O[C@H]2[C@H](O[C@@H]3[C@H](O)[C@@H](O)[C@H](C)O[C@H]3O)O[C@@H](C)[C@H](O)[C@H]2O)O[C@H](CO)[C@@H](O)[C@@H]1O. The first-order valence-corrected chi connectivity index (χ1v) is 11.3. The Morgan fingerprint density at radius 3 is 1.86 bits per heavy atom. The van der Waals surface area contributed by atoms with Crippen LogP contribution in [0.1, 0.15) is 20.8 Å². The predicted molar refractivity (Wildman–Crippen MR) is 110 cm³/mol. The lowest BCUT2D eigenvalue weighted by Gasteiger charge is -2.48. The average molecular weight is 513 g/mol. The average Bonchev–Trinajstić information content (AvgIpc) is 2.80.